The van der Waals surface area contributed by atoms with Crippen LogP contribution >= 0.6 is 15.9 Å². The van der Waals surface area contributed by atoms with Gasteiger partial charge in [0.15, 0.2) is 0 Å². The number of ether oxygens (including phenoxy) is 1. The van der Waals surface area contributed by atoms with Gasteiger partial charge >= 0.3 is 5.97 Å². The van der Waals surface area contributed by atoms with Gasteiger partial charge in [-0.1, -0.05) is 28.1 Å². The minimum absolute atomic E-state index is 0.124. The van der Waals surface area contributed by atoms with Crippen LogP contribution in [0.25, 0.3) is 0 Å². The predicted octanol–water partition coefficient (Wildman–Crippen LogP) is 2.39. The van der Waals surface area contributed by atoms with Crippen molar-refractivity contribution in [3.63, 3.8) is 0 Å². The second-order valence-electron chi connectivity index (χ2n) is 3.84. The van der Waals surface area contributed by atoms with Crippen LogP contribution in [-0.2, 0) is 16.0 Å². The zero-order chi connectivity index (χ0) is 12.7. The molecule has 0 aliphatic carbocycles. The average molecular weight is 300 g/mol. The van der Waals surface area contributed by atoms with Gasteiger partial charge in [-0.15, -0.1) is 0 Å². The van der Waals surface area contributed by atoms with Crippen LogP contribution < -0.4 is 5.32 Å². The fourth-order valence-corrected chi connectivity index (χ4v) is 1.91. The molecule has 4 heteroatoms. The summed E-state index contributed by atoms with van der Waals surface area (Å²) in [6.07, 6.45) is 0.701. The van der Waals surface area contributed by atoms with Crippen molar-refractivity contribution in [1.29, 1.82) is 0 Å². The Morgan fingerprint density at radius 2 is 2.06 bits per heavy atom. The maximum absolute atomic E-state index is 11.7. The topological polar surface area (TPSA) is 38.3 Å². The van der Waals surface area contributed by atoms with Crippen LogP contribution in [0.3, 0.4) is 0 Å². The van der Waals surface area contributed by atoms with E-state index in [-0.39, 0.29) is 11.9 Å². The highest BCUT2D eigenvalue weighted by molar-refractivity contribution is 9.10. The Morgan fingerprint density at radius 3 is 2.59 bits per heavy atom. The largest absolute Gasteiger partial charge is 0.466 e. The van der Waals surface area contributed by atoms with E-state index in [1.807, 2.05) is 38.2 Å². The van der Waals surface area contributed by atoms with E-state index in [2.05, 4.69) is 21.2 Å². The van der Waals surface area contributed by atoms with Gasteiger partial charge in [-0.3, -0.25) is 4.79 Å². The number of hydrogen-bond donors (Lipinski definition) is 1. The Labute approximate surface area is 111 Å². The first-order chi connectivity index (χ1) is 8.17. The molecule has 1 aromatic rings. The van der Waals surface area contributed by atoms with Gasteiger partial charge in [0.1, 0.15) is 0 Å². The molecule has 0 aromatic heterocycles. The Morgan fingerprint density at radius 1 is 1.41 bits per heavy atom. The summed E-state index contributed by atoms with van der Waals surface area (Å²) in [5.41, 5.74) is 1.14. The first kappa shape index (κ1) is 14.2. The lowest BCUT2D eigenvalue weighted by Crippen LogP contribution is -2.29. The maximum Gasteiger partial charge on any atom is 0.310 e. The smallest absolute Gasteiger partial charge is 0.310 e. The van der Waals surface area contributed by atoms with E-state index in [0.29, 0.717) is 19.6 Å². The molecule has 1 aromatic carbocycles. The number of carbonyl (C=O) groups is 1. The van der Waals surface area contributed by atoms with Crippen LogP contribution in [0, 0.1) is 5.92 Å². The van der Waals surface area contributed by atoms with E-state index in [4.69, 9.17) is 4.74 Å². The molecule has 0 amide bonds. The van der Waals surface area contributed by atoms with Crippen molar-refractivity contribution in [1.82, 2.24) is 5.32 Å². The number of nitrogens with one attached hydrogen (secondary N) is 1. The third-order valence-electron chi connectivity index (χ3n) is 2.47. The van der Waals surface area contributed by atoms with Gasteiger partial charge in [0.05, 0.1) is 12.5 Å². The lowest BCUT2D eigenvalue weighted by Gasteiger charge is -2.15. The predicted molar refractivity (Wildman–Crippen MR) is 71.9 cm³/mol. The zero-order valence-electron chi connectivity index (χ0n) is 10.2. The van der Waals surface area contributed by atoms with Crippen LogP contribution in [0.2, 0.25) is 0 Å². The summed E-state index contributed by atoms with van der Waals surface area (Å²) in [4.78, 5) is 11.7. The highest BCUT2D eigenvalue weighted by atomic mass is 79.9. The summed E-state index contributed by atoms with van der Waals surface area (Å²) in [5.74, 6) is -0.258. The Hall–Kier alpha value is -0.870. The van der Waals surface area contributed by atoms with Gasteiger partial charge in [-0.2, -0.15) is 0 Å². The minimum Gasteiger partial charge on any atom is -0.466 e. The number of hydrogen-bond acceptors (Lipinski definition) is 3. The first-order valence-corrected chi connectivity index (χ1v) is 6.52. The average Bonchev–Trinajstić information content (AvgIpc) is 2.31. The van der Waals surface area contributed by atoms with Crippen LogP contribution in [-0.4, -0.2) is 26.2 Å². The molecule has 3 nitrogen and oxygen atoms in total. The van der Waals surface area contributed by atoms with E-state index in [9.17, 15) is 4.79 Å². The zero-order valence-corrected chi connectivity index (χ0v) is 11.8. The van der Waals surface area contributed by atoms with Gasteiger partial charge in [-0.25, -0.2) is 0 Å². The third kappa shape index (κ3) is 4.88. The second-order valence-corrected chi connectivity index (χ2v) is 4.75. The van der Waals surface area contributed by atoms with Crippen LogP contribution in [0.4, 0.5) is 0 Å². The van der Waals surface area contributed by atoms with Gasteiger partial charge in [0, 0.05) is 11.0 Å². The molecule has 0 unspecified atom stereocenters. The first-order valence-electron chi connectivity index (χ1n) is 5.73. The molecule has 1 atom stereocenters. The van der Waals surface area contributed by atoms with Crippen molar-refractivity contribution in [2.75, 3.05) is 20.2 Å². The molecule has 17 heavy (non-hydrogen) atoms. The monoisotopic (exact) mass is 299 g/mol. The van der Waals surface area contributed by atoms with E-state index >= 15 is 0 Å². The van der Waals surface area contributed by atoms with Crippen molar-refractivity contribution >= 4 is 21.9 Å². The highest BCUT2D eigenvalue weighted by Gasteiger charge is 2.19. The fourth-order valence-electron chi connectivity index (χ4n) is 1.65. The summed E-state index contributed by atoms with van der Waals surface area (Å²) < 4.78 is 6.11. The minimum atomic E-state index is -0.134. The molecule has 0 spiro atoms. The van der Waals surface area contributed by atoms with Crippen LogP contribution in [0.5, 0.6) is 0 Å². The van der Waals surface area contributed by atoms with Crippen molar-refractivity contribution in [2.24, 2.45) is 5.92 Å². The van der Waals surface area contributed by atoms with Crippen molar-refractivity contribution < 1.29 is 9.53 Å². The van der Waals surface area contributed by atoms with Crippen molar-refractivity contribution in [3.05, 3.63) is 34.3 Å². The summed E-state index contributed by atoms with van der Waals surface area (Å²) in [7, 11) is 1.84. The highest BCUT2D eigenvalue weighted by Crippen LogP contribution is 2.14. The Kier molecular flexibility index (Phi) is 6.22. The van der Waals surface area contributed by atoms with E-state index < -0.39 is 0 Å². The number of carbonyl (C=O) groups excluding carboxylic acids is 1. The summed E-state index contributed by atoms with van der Waals surface area (Å²) in [5, 5.41) is 3.03. The van der Waals surface area contributed by atoms with E-state index in [1.54, 1.807) is 0 Å². The lowest BCUT2D eigenvalue weighted by atomic mass is 9.99. The Balaban J connectivity index is 2.65. The maximum atomic E-state index is 11.7. The summed E-state index contributed by atoms with van der Waals surface area (Å²) in [6, 6.07) is 8.01. The van der Waals surface area contributed by atoms with E-state index in [1.165, 1.54) is 0 Å². The molecule has 1 N–H and O–H groups in total. The number of halogens is 1. The molecule has 94 valence electrons. The fraction of sp³-hybridized carbons (Fsp3) is 0.462. The van der Waals surface area contributed by atoms with Gasteiger partial charge < -0.3 is 10.1 Å². The molecule has 0 aliphatic rings. The SMILES string of the molecule is CCOC(=O)[C@H](CNC)Cc1ccc(Br)cc1. The normalized spacial score (nSPS) is 12.2. The molecule has 0 saturated carbocycles. The van der Waals surface area contributed by atoms with Gasteiger partial charge in [-0.05, 0) is 38.1 Å². The number of rotatable bonds is 6. The second kappa shape index (κ2) is 7.45. The quantitative estimate of drug-likeness (QED) is 0.820. The molecule has 0 bridgehead atoms. The third-order valence-corrected chi connectivity index (χ3v) is 2.99. The van der Waals surface area contributed by atoms with Gasteiger partial charge in [0.25, 0.3) is 0 Å². The van der Waals surface area contributed by atoms with E-state index in [0.717, 1.165) is 10.0 Å². The van der Waals surface area contributed by atoms with Crippen LogP contribution in [0.1, 0.15) is 12.5 Å². The molecule has 0 heterocycles. The summed E-state index contributed by atoms with van der Waals surface area (Å²) >= 11 is 3.39. The number of benzene rings is 1. The number of esters is 1. The summed E-state index contributed by atoms with van der Waals surface area (Å²) in [6.45, 7) is 2.89. The molecular formula is C13H18BrNO2. The standard InChI is InChI=1S/C13H18BrNO2/c1-3-17-13(16)11(9-15-2)8-10-4-6-12(14)7-5-10/h4-7,11,15H,3,8-9H2,1-2H3/t11-/m0/s1. The van der Waals surface area contributed by atoms with Crippen molar-refractivity contribution in [2.45, 2.75) is 13.3 Å². The molecule has 0 fully saturated rings. The van der Waals surface area contributed by atoms with Crippen LogP contribution in [0.15, 0.2) is 28.7 Å². The molecule has 0 aliphatic heterocycles. The molecule has 0 radical (unpaired) electrons. The lowest BCUT2D eigenvalue weighted by molar-refractivity contribution is -0.147. The molecule has 1 rings (SSSR count). The Bertz CT molecular complexity index is 351. The van der Waals surface area contributed by atoms with Crippen molar-refractivity contribution in [3.8, 4) is 0 Å². The molecule has 0 saturated heterocycles. The van der Waals surface area contributed by atoms with Gasteiger partial charge in [0.2, 0.25) is 0 Å². The molecular weight excluding hydrogens is 282 g/mol.